The molecule has 0 fully saturated rings. The largest absolute Gasteiger partial charge is 0.491 e. The number of hydrogen-bond acceptors (Lipinski definition) is 30. The second-order valence-electron chi connectivity index (χ2n) is 18.6. The highest BCUT2D eigenvalue weighted by Gasteiger charge is 2.11. The first kappa shape index (κ1) is 81.4. The maximum absolute atomic E-state index is 5.82. The van der Waals surface area contributed by atoms with Gasteiger partial charge in [-0.3, -0.25) is 0 Å². The Hall–Kier alpha value is -3.79. The molecule has 0 saturated carbocycles. The summed E-state index contributed by atoms with van der Waals surface area (Å²) in [6.45, 7) is 23.7. The zero-order valence-corrected chi connectivity index (χ0v) is 53.7. The van der Waals surface area contributed by atoms with E-state index in [0.717, 1.165) is 11.3 Å². The summed E-state index contributed by atoms with van der Waals surface area (Å²) in [4.78, 5) is 15.3. The smallest absolute Gasteiger partial charge is 0.245 e. The normalized spacial score (nSPS) is 11.7. The molecule has 3 rings (SSSR count). The number of hydrogen-bond donors (Lipinski definition) is 3. The summed E-state index contributed by atoms with van der Waals surface area (Å²) in [5, 5.41) is 0. The predicted molar refractivity (Wildman–Crippen MR) is 330 cm³/mol. The number of rotatable bonds is 75. The van der Waals surface area contributed by atoms with E-state index in [1.165, 1.54) is 6.33 Å². The van der Waals surface area contributed by atoms with Gasteiger partial charge < -0.3 is 135 Å². The van der Waals surface area contributed by atoms with Crippen LogP contribution in [0.1, 0.15) is 5.56 Å². The van der Waals surface area contributed by atoms with Crippen molar-refractivity contribution >= 4 is 17.1 Å². The standard InChI is InChI=1S/C60H108N6O25/c61-5-6-67-7-8-68-9-10-69-11-12-70-13-14-71-15-16-72-17-18-73-19-20-74-21-22-75-23-24-76-25-26-77-27-28-78-29-30-79-31-32-80-33-34-81-35-36-82-37-38-83-39-40-84-41-42-85-43-44-86-45-46-87-47-48-88-49-50-89-51-52-90-56-3-1-55(2-4-56)53-91-59-57-58(64-54-63-57)65-60(62)66-59/h1-4,54H,5-53,61H2,(H3,62,63,64,65,66). The monoisotopic (exact) mass is 1310 g/mol. The Bertz CT molecular complexity index is 1950. The molecule has 0 unspecified atom stereocenters. The van der Waals surface area contributed by atoms with Crippen molar-refractivity contribution in [1.82, 2.24) is 19.9 Å². The zero-order valence-electron chi connectivity index (χ0n) is 53.7. The van der Waals surface area contributed by atoms with Crippen molar-refractivity contribution < 1.29 is 118 Å². The topological polar surface area (TPSA) is 337 Å². The third-order valence-electron chi connectivity index (χ3n) is 11.5. The van der Waals surface area contributed by atoms with Gasteiger partial charge >= 0.3 is 0 Å². The van der Waals surface area contributed by atoms with E-state index in [0.29, 0.717) is 341 Å². The van der Waals surface area contributed by atoms with E-state index in [1.807, 2.05) is 24.3 Å². The number of ether oxygens (including phenoxy) is 25. The van der Waals surface area contributed by atoms with E-state index in [1.54, 1.807) is 0 Å². The summed E-state index contributed by atoms with van der Waals surface area (Å²) >= 11 is 0. The molecule has 91 heavy (non-hydrogen) atoms. The molecule has 0 spiro atoms. The van der Waals surface area contributed by atoms with Gasteiger partial charge in [0.15, 0.2) is 5.65 Å². The molecule has 0 saturated heterocycles. The summed E-state index contributed by atoms with van der Waals surface area (Å²) in [6.07, 6.45) is 1.52. The van der Waals surface area contributed by atoms with Gasteiger partial charge in [0.25, 0.3) is 0 Å². The van der Waals surface area contributed by atoms with Gasteiger partial charge in [-0.2, -0.15) is 9.97 Å². The van der Waals surface area contributed by atoms with Crippen LogP contribution in [0, 0.1) is 0 Å². The average molecular weight is 1310 g/mol. The van der Waals surface area contributed by atoms with E-state index in [9.17, 15) is 0 Å². The van der Waals surface area contributed by atoms with Crippen molar-refractivity contribution in [2.45, 2.75) is 6.61 Å². The number of nitrogens with two attached hydrogens (primary N) is 2. The molecule has 2 heterocycles. The van der Waals surface area contributed by atoms with E-state index >= 15 is 0 Å². The lowest BCUT2D eigenvalue weighted by molar-refractivity contribution is -0.0319. The molecule has 1 aromatic carbocycles. The third-order valence-corrected chi connectivity index (χ3v) is 11.5. The Morgan fingerprint density at radius 3 is 0.747 bits per heavy atom. The zero-order chi connectivity index (χ0) is 64.2. The van der Waals surface area contributed by atoms with Crippen molar-refractivity contribution in [3.8, 4) is 11.6 Å². The maximum Gasteiger partial charge on any atom is 0.245 e. The van der Waals surface area contributed by atoms with Crippen LogP contribution in [0.3, 0.4) is 0 Å². The van der Waals surface area contributed by atoms with Crippen LogP contribution in [0.5, 0.6) is 11.6 Å². The number of anilines is 1. The van der Waals surface area contributed by atoms with Crippen LogP contribution >= 0.6 is 0 Å². The van der Waals surface area contributed by atoms with Crippen LogP contribution in [0.2, 0.25) is 0 Å². The molecule has 0 aliphatic carbocycles. The van der Waals surface area contributed by atoms with Gasteiger partial charge in [-0.25, -0.2) is 4.98 Å². The van der Waals surface area contributed by atoms with Crippen LogP contribution in [0.25, 0.3) is 11.2 Å². The number of benzene rings is 1. The summed E-state index contributed by atoms with van der Waals surface area (Å²) in [5.74, 6) is 1.18. The fourth-order valence-corrected chi connectivity index (χ4v) is 7.00. The summed E-state index contributed by atoms with van der Waals surface area (Å²) in [6, 6.07) is 7.59. The van der Waals surface area contributed by atoms with Crippen molar-refractivity contribution in [3.05, 3.63) is 36.2 Å². The summed E-state index contributed by atoms with van der Waals surface area (Å²) in [5.41, 5.74) is 13.1. The second-order valence-corrected chi connectivity index (χ2v) is 18.6. The summed E-state index contributed by atoms with van der Waals surface area (Å²) in [7, 11) is 0. The molecule has 2 aromatic heterocycles. The third kappa shape index (κ3) is 54.2. The molecule has 528 valence electrons. The molecule has 0 atom stereocenters. The lowest BCUT2D eigenvalue weighted by atomic mass is 10.2. The molecule has 5 N–H and O–H groups in total. The first-order valence-corrected chi connectivity index (χ1v) is 31.6. The number of nitrogen functional groups attached to an aromatic ring is 1. The van der Waals surface area contributed by atoms with Crippen molar-refractivity contribution in [1.29, 1.82) is 0 Å². The highest BCUT2D eigenvalue weighted by Crippen LogP contribution is 2.21. The number of nitrogens with one attached hydrogen (secondary N) is 1. The van der Waals surface area contributed by atoms with E-state index in [-0.39, 0.29) is 5.95 Å². The van der Waals surface area contributed by atoms with Gasteiger partial charge in [0, 0.05) is 6.54 Å². The molecule has 0 aliphatic heterocycles. The van der Waals surface area contributed by atoms with Gasteiger partial charge in [-0.1, -0.05) is 12.1 Å². The SMILES string of the molecule is NCCOCCOCCOCCOCCOCCOCCOCCOCCOCCOCCOCCOCCOCCOCCOCCOCCOCCOCCOCCOCCOCCOCCOCCOc1ccc(COc2nc(N)nc3nc[nH]c23)cc1. The first-order chi connectivity index (χ1) is 45.3. The van der Waals surface area contributed by atoms with Crippen LogP contribution in [-0.4, -0.2) is 337 Å². The minimum atomic E-state index is 0.100. The van der Waals surface area contributed by atoms with E-state index in [2.05, 4.69) is 19.9 Å². The number of aromatic amines is 1. The Morgan fingerprint density at radius 2 is 0.505 bits per heavy atom. The Morgan fingerprint density at radius 1 is 0.275 bits per heavy atom. The molecular formula is C60H108N6O25. The van der Waals surface area contributed by atoms with Crippen molar-refractivity contribution in [3.63, 3.8) is 0 Å². The van der Waals surface area contributed by atoms with Gasteiger partial charge in [-0.05, 0) is 17.7 Å². The molecule has 0 bridgehead atoms. The molecule has 0 radical (unpaired) electrons. The lowest BCUT2D eigenvalue weighted by Gasteiger charge is -2.10. The lowest BCUT2D eigenvalue weighted by Crippen LogP contribution is -2.16. The molecule has 0 amide bonds. The fraction of sp³-hybridized carbons (Fsp3) is 0.817. The minimum Gasteiger partial charge on any atom is -0.491 e. The van der Waals surface area contributed by atoms with Crippen molar-refractivity contribution in [2.75, 3.05) is 323 Å². The van der Waals surface area contributed by atoms with Crippen LogP contribution < -0.4 is 20.9 Å². The van der Waals surface area contributed by atoms with E-state index in [4.69, 9.17) is 130 Å². The molecular weight excluding hydrogens is 1200 g/mol. The van der Waals surface area contributed by atoms with Gasteiger partial charge in [0.05, 0.1) is 310 Å². The average Bonchev–Trinajstić information content (AvgIpc) is 1.88. The number of H-pyrrole nitrogens is 1. The van der Waals surface area contributed by atoms with Crippen LogP contribution in [0.15, 0.2) is 30.6 Å². The maximum atomic E-state index is 5.82. The van der Waals surface area contributed by atoms with E-state index < -0.39 is 0 Å². The Kier molecular flexibility index (Phi) is 59.3. The number of aromatic nitrogens is 4. The molecule has 3 aromatic rings. The fourth-order valence-electron chi connectivity index (χ4n) is 7.00. The summed E-state index contributed by atoms with van der Waals surface area (Å²) < 4.78 is 138. The first-order valence-electron chi connectivity index (χ1n) is 31.6. The quantitative estimate of drug-likeness (QED) is 0.0669. The van der Waals surface area contributed by atoms with Crippen LogP contribution in [-0.2, 0) is 116 Å². The Balaban J connectivity index is 0.855. The predicted octanol–water partition coefficient (Wildman–Crippen LogP) is 1.23. The van der Waals surface area contributed by atoms with Crippen LogP contribution in [0.4, 0.5) is 5.95 Å². The van der Waals surface area contributed by atoms with Gasteiger partial charge in [-0.15, -0.1) is 0 Å². The highest BCUT2D eigenvalue weighted by molar-refractivity contribution is 5.76. The Labute approximate surface area is 536 Å². The number of imidazole rings is 1. The second kappa shape index (κ2) is 66.2. The van der Waals surface area contributed by atoms with Gasteiger partial charge in [0.2, 0.25) is 11.8 Å². The number of fused-ring (bicyclic) bond motifs is 1. The molecule has 31 heteroatoms. The van der Waals surface area contributed by atoms with Crippen molar-refractivity contribution in [2.24, 2.45) is 5.73 Å². The molecule has 31 nitrogen and oxygen atoms in total. The minimum absolute atomic E-state index is 0.100. The molecule has 0 aliphatic rings. The number of nitrogens with zero attached hydrogens (tertiary/aromatic N) is 3. The van der Waals surface area contributed by atoms with Gasteiger partial charge in [0.1, 0.15) is 24.5 Å². The highest BCUT2D eigenvalue weighted by atomic mass is 16.6.